The molecule has 2 aromatic carbocycles. The summed E-state index contributed by atoms with van der Waals surface area (Å²) in [4.78, 5) is 0. The quantitative estimate of drug-likeness (QED) is 0.862. The van der Waals surface area contributed by atoms with Gasteiger partial charge in [0.15, 0.2) is 0 Å². The molecule has 0 bridgehead atoms. The van der Waals surface area contributed by atoms with Crippen LogP contribution in [0.3, 0.4) is 0 Å². The Morgan fingerprint density at radius 2 is 2.14 bits per heavy atom. The smallest absolute Gasteiger partial charge is 0.125 e. The minimum Gasteiger partial charge on any atom is -0.493 e. The van der Waals surface area contributed by atoms with E-state index in [-0.39, 0.29) is 6.04 Å². The van der Waals surface area contributed by atoms with Crippen LogP contribution in [-0.2, 0) is 12.8 Å². The molecule has 2 N–H and O–H groups in total. The lowest BCUT2D eigenvalue weighted by Crippen LogP contribution is -2.14. The fourth-order valence-electron chi connectivity index (χ4n) is 2.75. The van der Waals surface area contributed by atoms with E-state index in [2.05, 4.69) is 35.0 Å². The molecule has 21 heavy (non-hydrogen) atoms. The Balaban J connectivity index is 1.88. The van der Waals surface area contributed by atoms with E-state index in [1.54, 1.807) is 0 Å². The first-order valence-electron chi connectivity index (χ1n) is 7.00. The van der Waals surface area contributed by atoms with Crippen molar-refractivity contribution in [3.05, 3.63) is 62.1 Å². The van der Waals surface area contributed by atoms with Gasteiger partial charge in [-0.3, -0.25) is 0 Å². The zero-order valence-electron chi connectivity index (χ0n) is 11.8. The van der Waals surface area contributed by atoms with Crippen LogP contribution in [0.15, 0.2) is 34.8 Å². The van der Waals surface area contributed by atoms with E-state index < -0.39 is 0 Å². The van der Waals surface area contributed by atoms with E-state index in [1.165, 1.54) is 11.1 Å². The lowest BCUT2D eigenvalue weighted by molar-refractivity contribution is 0.352. The Kier molecular flexibility index (Phi) is 4.25. The highest BCUT2D eigenvalue weighted by Crippen LogP contribution is 2.35. The van der Waals surface area contributed by atoms with Gasteiger partial charge in [0, 0.05) is 22.0 Å². The third kappa shape index (κ3) is 3.10. The number of aryl methyl sites for hydroxylation is 1. The summed E-state index contributed by atoms with van der Waals surface area (Å²) in [6.45, 7) is 2.80. The molecular weight excluding hydrogens is 350 g/mol. The van der Waals surface area contributed by atoms with Crippen molar-refractivity contribution in [3.8, 4) is 5.75 Å². The van der Waals surface area contributed by atoms with Crippen LogP contribution in [0.2, 0.25) is 5.02 Å². The molecule has 110 valence electrons. The minimum absolute atomic E-state index is 0.0661. The van der Waals surface area contributed by atoms with E-state index in [9.17, 15) is 0 Å². The lowest BCUT2D eigenvalue weighted by Gasteiger charge is -2.16. The second-order valence-electron chi connectivity index (χ2n) is 5.47. The summed E-state index contributed by atoms with van der Waals surface area (Å²) in [7, 11) is 0. The van der Waals surface area contributed by atoms with Crippen molar-refractivity contribution >= 4 is 27.5 Å². The van der Waals surface area contributed by atoms with Crippen molar-refractivity contribution < 1.29 is 4.74 Å². The Morgan fingerprint density at radius 1 is 1.33 bits per heavy atom. The van der Waals surface area contributed by atoms with Gasteiger partial charge in [-0.2, -0.15) is 0 Å². The standard InChI is InChI=1S/C17H17BrClNO/c1-10-6-11(2-3-15(10)18)16(20)9-13-8-14(19)7-12-4-5-21-17(12)13/h2-3,6-8,16H,4-5,9,20H2,1H3. The molecule has 3 rings (SSSR count). The predicted molar refractivity (Wildman–Crippen MR) is 90.2 cm³/mol. The van der Waals surface area contributed by atoms with E-state index >= 15 is 0 Å². The second kappa shape index (κ2) is 5.99. The number of rotatable bonds is 3. The number of benzene rings is 2. The summed E-state index contributed by atoms with van der Waals surface area (Å²) in [6, 6.07) is 10.1. The molecule has 0 radical (unpaired) electrons. The van der Waals surface area contributed by atoms with Gasteiger partial charge in [-0.05, 0) is 53.8 Å². The maximum Gasteiger partial charge on any atom is 0.125 e. The molecular formula is C17H17BrClNO. The fraction of sp³-hybridized carbons (Fsp3) is 0.294. The van der Waals surface area contributed by atoms with Gasteiger partial charge in [0.25, 0.3) is 0 Å². The summed E-state index contributed by atoms with van der Waals surface area (Å²) in [5.74, 6) is 0.976. The van der Waals surface area contributed by atoms with Gasteiger partial charge in [0.05, 0.1) is 6.61 Å². The fourth-order valence-corrected chi connectivity index (χ4v) is 3.26. The normalized spacial score (nSPS) is 14.7. The van der Waals surface area contributed by atoms with Crippen molar-refractivity contribution in [2.24, 2.45) is 5.73 Å². The molecule has 1 unspecified atom stereocenters. The van der Waals surface area contributed by atoms with Crippen LogP contribution in [0.1, 0.15) is 28.3 Å². The molecule has 1 atom stereocenters. The third-order valence-corrected chi connectivity index (χ3v) is 4.98. The van der Waals surface area contributed by atoms with Crippen LogP contribution in [0.25, 0.3) is 0 Å². The molecule has 1 aliphatic rings. The van der Waals surface area contributed by atoms with Crippen LogP contribution < -0.4 is 10.5 Å². The van der Waals surface area contributed by atoms with Crippen LogP contribution >= 0.6 is 27.5 Å². The van der Waals surface area contributed by atoms with Gasteiger partial charge in [-0.1, -0.05) is 39.7 Å². The van der Waals surface area contributed by atoms with Crippen LogP contribution in [0.5, 0.6) is 5.75 Å². The van der Waals surface area contributed by atoms with Gasteiger partial charge in [0.1, 0.15) is 5.75 Å². The minimum atomic E-state index is -0.0661. The molecule has 1 aliphatic heterocycles. The lowest BCUT2D eigenvalue weighted by atomic mass is 9.96. The zero-order valence-corrected chi connectivity index (χ0v) is 14.2. The van der Waals surface area contributed by atoms with Crippen molar-refractivity contribution in [2.75, 3.05) is 6.61 Å². The van der Waals surface area contributed by atoms with Gasteiger partial charge >= 0.3 is 0 Å². The molecule has 0 aromatic heterocycles. The Labute approximate surface area is 138 Å². The second-order valence-corrected chi connectivity index (χ2v) is 6.76. The van der Waals surface area contributed by atoms with Gasteiger partial charge in [-0.15, -0.1) is 0 Å². The molecule has 0 aliphatic carbocycles. The van der Waals surface area contributed by atoms with E-state index in [0.717, 1.165) is 45.8 Å². The molecule has 0 saturated carbocycles. The first-order valence-corrected chi connectivity index (χ1v) is 8.17. The van der Waals surface area contributed by atoms with Gasteiger partial charge in [-0.25, -0.2) is 0 Å². The summed E-state index contributed by atoms with van der Waals surface area (Å²) < 4.78 is 6.84. The Morgan fingerprint density at radius 3 is 2.90 bits per heavy atom. The monoisotopic (exact) mass is 365 g/mol. The molecule has 0 fully saturated rings. The number of halogens is 2. The topological polar surface area (TPSA) is 35.2 Å². The summed E-state index contributed by atoms with van der Waals surface area (Å²) in [5.41, 5.74) is 11.0. The molecule has 4 heteroatoms. The number of hydrogen-bond acceptors (Lipinski definition) is 2. The van der Waals surface area contributed by atoms with E-state index in [0.29, 0.717) is 0 Å². The third-order valence-electron chi connectivity index (χ3n) is 3.88. The summed E-state index contributed by atoms with van der Waals surface area (Å²) >= 11 is 9.72. The van der Waals surface area contributed by atoms with Crippen LogP contribution in [-0.4, -0.2) is 6.61 Å². The maximum atomic E-state index is 6.38. The largest absolute Gasteiger partial charge is 0.493 e. The first kappa shape index (κ1) is 14.9. The summed E-state index contributed by atoms with van der Waals surface area (Å²) in [5, 5.41) is 0.758. The maximum absolute atomic E-state index is 6.38. The molecule has 0 amide bonds. The van der Waals surface area contributed by atoms with Crippen molar-refractivity contribution in [3.63, 3.8) is 0 Å². The highest BCUT2D eigenvalue weighted by atomic mass is 79.9. The van der Waals surface area contributed by atoms with Gasteiger partial charge in [0.2, 0.25) is 0 Å². The zero-order chi connectivity index (χ0) is 15.0. The SMILES string of the molecule is Cc1cc(C(N)Cc2cc(Cl)cc3c2OCC3)ccc1Br. The average molecular weight is 367 g/mol. The first-order chi connectivity index (χ1) is 10.0. The molecule has 2 aromatic rings. The number of fused-ring (bicyclic) bond motifs is 1. The Bertz CT molecular complexity index is 687. The highest BCUT2D eigenvalue weighted by Gasteiger charge is 2.19. The van der Waals surface area contributed by atoms with Crippen molar-refractivity contribution in [1.82, 2.24) is 0 Å². The number of nitrogens with two attached hydrogens (primary N) is 1. The molecule has 0 saturated heterocycles. The summed E-state index contributed by atoms with van der Waals surface area (Å²) in [6.07, 6.45) is 1.65. The molecule has 2 nitrogen and oxygen atoms in total. The molecule has 1 heterocycles. The predicted octanol–water partition coefficient (Wildman–Crippen LogP) is 4.59. The van der Waals surface area contributed by atoms with Crippen molar-refractivity contribution in [1.29, 1.82) is 0 Å². The van der Waals surface area contributed by atoms with Crippen molar-refractivity contribution in [2.45, 2.75) is 25.8 Å². The number of hydrogen-bond donors (Lipinski definition) is 1. The average Bonchev–Trinajstić information content (AvgIpc) is 2.90. The van der Waals surface area contributed by atoms with Crippen LogP contribution in [0, 0.1) is 6.92 Å². The van der Waals surface area contributed by atoms with E-state index in [4.69, 9.17) is 22.1 Å². The van der Waals surface area contributed by atoms with Gasteiger partial charge < -0.3 is 10.5 Å². The van der Waals surface area contributed by atoms with Crippen LogP contribution in [0.4, 0.5) is 0 Å². The molecule has 0 spiro atoms. The number of ether oxygens (including phenoxy) is 1. The highest BCUT2D eigenvalue weighted by molar-refractivity contribution is 9.10. The van der Waals surface area contributed by atoms with E-state index in [1.807, 2.05) is 18.2 Å². The Hall–Kier alpha value is -1.03.